The maximum absolute atomic E-state index is 2.39. The summed E-state index contributed by atoms with van der Waals surface area (Å²) >= 11 is 0. The molecule has 0 heterocycles. The van der Waals surface area contributed by atoms with E-state index in [1.165, 1.54) is 38.5 Å². The first-order chi connectivity index (χ1) is 12.5. The molecule has 170 valence electrons. The SMILES string of the molecule is CC.CC(C)(C)C(C)(C)C.CC(C)(C)C12CC(C1)C2.C[C@@H]1CC[C@@H](C)[C@H](C)C1. The van der Waals surface area contributed by atoms with Crippen LogP contribution in [0, 0.1) is 45.3 Å². The van der Waals surface area contributed by atoms with Gasteiger partial charge in [-0.25, -0.2) is 0 Å². The van der Waals surface area contributed by atoms with Gasteiger partial charge in [0.05, 0.1) is 0 Å². The molecular formula is C28H58. The molecule has 4 saturated carbocycles. The average molecular weight is 395 g/mol. The molecule has 0 heteroatoms. The first-order valence-electron chi connectivity index (χ1n) is 12.5. The fourth-order valence-corrected chi connectivity index (χ4v) is 4.21. The topological polar surface area (TPSA) is 0 Å². The smallest absolute Gasteiger partial charge is 0.0241 e. The van der Waals surface area contributed by atoms with Crippen LogP contribution < -0.4 is 0 Å². The van der Waals surface area contributed by atoms with Crippen molar-refractivity contribution in [1.29, 1.82) is 0 Å². The highest BCUT2D eigenvalue weighted by molar-refractivity contribution is 5.11. The van der Waals surface area contributed by atoms with E-state index < -0.39 is 0 Å². The molecule has 0 amide bonds. The zero-order valence-corrected chi connectivity index (χ0v) is 22.6. The summed E-state index contributed by atoms with van der Waals surface area (Å²) in [7, 11) is 0. The van der Waals surface area contributed by atoms with Crippen molar-refractivity contribution < 1.29 is 0 Å². The molecule has 0 spiro atoms. The molecule has 4 aliphatic rings. The lowest BCUT2D eigenvalue weighted by Crippen LogP contribution is -2.58. The molecular weight excluding hydrogens is 336 g/mol. The van der Waals surface area contributed by atoms with Gasteiger partial charge in [-0.05, 0) is 71.0 Å². The highest BCUT2D eigenvalue weighted by atomic mass is 14.7. The Balaban J connectivity index is 0.000000375. The molecule has 0 radical (unpaired) electrons. The van der Waals surface area contributed by atoms with Crippen molar-refractivity contribution in [2.45, 2.75) is 135 Å². The Bertz CT molecular complexity index is 393. The maximum atomic E-state index is 2.39. The minimum atomic E-state index is 0.437. The van der Waals surface area contributed by atoms with Gasteiger partial charge in [-0.15, -0.1) is 0 Å². The maximum Gasteiger partial charge on any atom is -0.0241 e. The van der Waals surface area contributed by atoms with Gasteiger partial charge in [-0.2, -0.15) is 0 Å². The van der Waals surface area contributed by atoms with Crippen LogP contribution in [0.25, 0.3) is 0 Å². The summed E-state index contributed by atoms with van der Waals surface area (Å²) in [6, 6.07) is 0. The number of rotatable bonds is 0. The highest BCUT2D eigenvalue weighted by Crippen LogP contribution is 2.71. The van der Waals surface area contributed by atoms with Crippen LogP contribution in [0.4, 0.5) is 0 Å². The van der Waals surface area contributed by atoms with Gasteiger partial charge in [0.25, 0.3) is 0 Å². The second-order valence-corrected chi connectivity index (χ2v) is 13.4. The van der Waals surface area contributed by atoms with E-state index in [0.29, 0.717) is 16.2 Å². The van der Waals surface area contributed by atoms with Crippen molar-refractivity contribution in [3.63, 3.8) is 0 Å². The van der Waals surface area contributed by atoms with Crippen molar-refractivity contribution >= 4 is 0 Å². The Hall–Kier alpha value is 0. The van der Waals surface area contributed by atoms with Gasteiger partial charge in [0, 0.05) is 0 Å². The molecule has 3 atom stereocenters. The van der Waals surface area contributed by atoms with Gasteiger partial charge >= 0.3 is 0 Å². The molecule has 0 aromatic heterocycles. The summed E-state index contributed by atoms with van der Waals surface area (Å²) in [5, 5.41) is 0. The third-order valence-electron chi connectivity index (χ3n) is 8.74. The minimum absolute atomic E-state index is 0.437. The van der Waals surface area contributed by atoms with Gasteiger partial charge in [0.15, 0.2) is 0 Å². The zero-order chi connectivity index (χ0) is 22.6. The fraction of sp³-hybridized carbons (Fsp3) is 1.00. The molecule has 4 aliphatic carbocycles. The van der Waals surface area contributed by atoms with E-state index in [0.717, 1.165) is 29.1 Å². The number of hydrogen-bond donors (Lipinski definition) is 0. The normalized spacial score (nSPS) is 34.1. The molecule has 4 fully saturated rings. The van der Waals surface area contributed by atoms with Crippen LogP contribution in [0.15, 0.2) is 0 Å². The summed E-state index contributed by atoms with van der Waals surface area (Å²) in [4.78, 5) is 0. The predicted molar refractivity (Wildman–Crippen MR) is 131 cm³/mol. The largest absolute Gasteiger partial charge is 0.0683 e. The Labute approximate surface area is 181 Å². The van der Waals surface area contributed by atoms with Gasteiger partial charge in [-0.1, -0.05) is 110 Å². The summed E-state index contributed by atoms with van der Waals surface area (Å²) < 4.78 is 0. The standard InChI is InChI=1S/C9H16.C9H18.C8H18.C2H6/c1-8(2,3)9-4-7(5-9)6-9;1-7-4-5-8(2)9(3)6-7;1-7(2,3)8(4,5)6;1-2/h7H,4-6H2,1-3H3;7-9H,4-6H2,1-3H3;1-6H3;1-2H3/t;7-,8-,9-;;/m.1../s1. The van der Waals surface area contributed by atoms with Crippen LogP contribution >= 0.6 is 0 Å². The van der Waals surface area contributed by atoms with Crippen molar-refractivity contribution in [3.8, 4) is 0 Å². The Morgan fingerprint density at radius 1 is 0.607 bits per heavy atom. The molecule has 0 aromatic carbocycles. The van der Waals surface area contributed by atoms with Gasteiger partial charge in [0.1, 0.15) is 0 Å². The van der Waals surface area contributed by atoms with E-state index in [4.69, 9.17) is 0 Å². The van der Waals surface area contributed by atoms with Crippen molar-refractivity contribution in [2.24, 2.45) is 45.3 Å². The van der Waals surface area contributed by atoms with Crippen molar-refractivity contribution in [1.82, 2.24) is 0 Å². The lowest BCUT2D eigenvalue weighted by atomic mass is 9.37. The van der Waals surface area contributed by atoms with E-state index >= 15 is 0 Å². The summed E-state index contributed by atoms with van der Waals surface area (Å²) in [6.07, 6.45) is 9.00. The second-order valence-electron chi connectivity index (χ2n) is 13.4. The third-order valence-corrected chi connectivity index (χ3v) is 8.74. The van der Waals surface area contributed by atoms with Crippen LogP contribution in [-0.4, -0.2) is 0 Å². The third kappa shape index (κ3) is 7.68. The lowest BCUT2D eigenvalue weighted by molar-refractivity contribution is -0.181. The van der Waals surface area contributed by atoms with Crippen LogP contribution in [0.2, 0.25) is 0 Å². The van der Waals surface area contributed by atoms with Gasteiger partial charge < -0.3 is 0 Å². The predicted octanol–water partition coefficient (Wildman–Crippen LogP) is 10.0. The minimum Gasteiger partial charge on any atom is -0.0683 e. The first-order valence-corrected chi connectivity index (χ1v) is 12.5. The molecule has 0 N–H and O–H groups in total. The second kappa shape index (κ2) is 10.3. The monoisotopic (exact) mass is 394 g/mol. The molecule has 28 heavy (non-hydrogen) atoms. The van der Waals surface area contributed by atoms with Crippen LogP contribution in [0.3, 0.4) is 0 Å². The Morgan fingerprint density at radius 3 is 1.14 bits per heavy atom. The molecule has 0 nitrogen and oxygen atoms in total. The molecule has 0 unspecified atom stereocenters. The van der Waals surface area contributed by atoms with Crippen LogP contribution in [0.5, 0.6) is 0 Å². The molecule has 2 bridgehead atoms. The fourth-order valence-electron chi connectivity index (χ4n) is 4.21. The van der Waals surface area contributed by atoms with E-state index in [-0.39, 0.29) is 0 Å². The van der Waals surface area contributed by atoms with E-state index in [9.17, 15) is 0 Å². The van der Waals surface area contributed by atoms with Crippen molar-refractivity contribution in [3.05, 3.63) is 0 Å². The van der Waals surface area contributed by atoms with Crippen LogP contribution in [-0.2, 0) is 0 Å². The number of hydrogen-bond acceptors (Lipinski definition) is 0. The quantitative estimate of drug-likeness (QED) is 0.383. The van der Waals surface area contributed by atoms with Crippen LogP contribution in [0.1, 0.15) is 135 Å². The molecule has 0 aromatic rings. The summed E-state index contributed by atoms with van der Waals surface area (Å²) in [6.45, 7) is 32.0. The lowest BCUT2D eigenvalue weighted by Gasteiger charge is -2.68. The van der Waals surface area contributed by atoms with E-state index in [1.807, 2.05) is 13.8 Å². The molecule has 0 aliphatic heterocycles. The van der Waals surface area contributed by atoms with Gasteiger partial charge in [0.2, 0.25) is 0 Å². The summed E-state index contributed by atoms with van der Waals surface area (Å²) in [5.41, 5.74) is 2.28. The zero-order valence-electron chi connectivity index (χ0n) is 22.6. The molecule has 0 saturated heterocycles. The van der Waals surface area contributed by atoms with Gasteiger partial charge in [-0.3, -0.25) is 0 Å². The Morgan fingerprint density at radius 2 is 1.00 bits per heavy atom. The van der Waals surface area contributed by atoms with E-state index in [1.54, 1.807) is 0 Å². The van der Waals surface area contributed by atoms with Crippen molar-refractivity contribution in [2.75, 3.05) is 0 Å². The first kappa shape index (κ1) is 28.0. The molecule has 4 rings (SSSR count). The average Bonchev–Trinajstić information content (AvgIpc) is 2.39. The Kier molecular flexibility index (Phi) is 10.3. The highest BCUT2D eigenvalue weighted by Gasteiger charge is 2.61. The van der Waals surface area contributed by atoms with E-state index in [2.05, 4.69) is 83.1 Å². The summed E-state index contributed by atoms with van der Waals surface area (Å²) in [5.74, 6) is 4.11.